The molecule has 1 atom stereocenters. The van der Waals surface area contributed by atoms with Crippen LogP contribution in [0.4, 0.5) is 0 Å². The fourth-order valence-corrected chi connectivity index (χ4v) is 6.37. The molecular weight excluding hydrogens is 246 g/mol. The van der Waals surface area contributed by atoms with Crippen molar-refractivity contribution in [1.29, 1.82) is 0 Å². The third kappa shape index (κ3) is 1.47. The molecule has 3 nitrogen and oxygen atoms in total. The predicted octanol–water partition coefficient (Wildman–Crippen LogP) is 2.94. The Hall–Kier alpha value is -0.830. The van der Waals surface area contributed by atoms with Gasteiger partial charge in [0.05, 0.1) is 5.69 Å². The maximum absolute atomic E-state index is 6.01. The maximum atomic E-state index is 6.01. The summed E-state index contributed by atoms with van der Waals surface area (Å²) in [6.45, 7) is 0.798. The van der Waals surface area contributed by atoms with E-state index in [9.17, 15) is 0 Å². The predicted molar refractivity (Wildman–Crippen MR) is 78.5 cm³/mol. The lowest BCUT2D eigenvalue weighted by atomic mass is 9.51. The zero-order valence-corrected chi connectivity index (χ0v) is 12.1. The third-order valence-electron chi connectivity index (χ3n) is 6.89. The topological polar surface area (TPSA) is 54.7 Å². The summed E-state index contributed by atoms with van der Waals surface area (Å²) < 4.78 is 0. The first-order valence-corrected chi connectivity index (χ1v) is 8.60. The van der Waals surface area contributed by atoms with Crippen LogP contribution in [-0.2, 0) is 6.42 Å². The number of nitrogens with two attached hydrogens (primary N) is 1. The number of nitrogens with zero attached hydrogens (tertiary/aromatic N) is 1. The lowest BCUT2D eigenvalue weighted by Crippen LogP contribution is -2.44. The van der Waals surface area contributed by atoms with Crippen molar-refractivity contribution in [3.63, 3.8) is 0 Å². The molecule has 4 bridgehead atoms. The van der Waals surface area contributed by atoms with Gasteiger partial charge in [0, 0.05) is 23.1 Å². The fraction of sp³-hybridized carbons (Fsp3) is 0.824. The lowest BCUT2D eigenvalue weighted by molar-refractivity contribution is -0.00452. The molecule has 4 fully saturated rings. The standard InChI is InChI=1S/C17H25N3/c18-8-11-1-2-14-16(11)17(20-19-14)15-12-4-9-3-10(6-12)7-13(15)5-9/h9-13,15H,1-8,18H2,(H,19,20). The molecule has 4 saturated carbocycles. The van der Waals surface area contributed by atoms with Crippen molar-refractivity contribution in [3.05, 3.63) is 17.0 Å². The SMILES string of the molecule is NCC1CCc2[nH]nc(C3C4CC5CC(C4)CC3C5)c21. The Kier molecular flexibility index (Phi) is 2.41. The van der Waals surface area contributed by atoms with E-state index < -0.39 is 0 Å². The smallest absolute Gasteiger partial charge is 0.0696 e. The molecule has 0 aromatic carbocycles. The fourth-order valence-electron chi connectivity index (χ4n) is 6.37. The summed E-state index contributed by atoms with van der Waals surface area (Å²) in [5.41, 5.74) is 10.4. The average Bonchev–Trinajstić information content (AvgIpc) is 3.00. The van der Waals surface area contributed by atoms with E-state index in [-0.39, 0.29) is 0 Å². The Labute approximate surface area is 120 Å². The molecule has 0 radical (unpaired) electrons. The summed E-state index contributed by atoms with van der Waals surface area (Å²) in [7, 11) is 0. The largest absolute Gasteiger partial charge is 0.330 e. The van der Waals surface area contributed by atoms with Gasteiger partial charge in [0.25, 0.3) is 0 Å². The molecule has 0 spiro atoms. The first-order chi connectivity index (χ1) is 9.83. The Morgan fingerprint density at radius 2 is 1.75 bits per heavy atom. The first-order valence-electron chi connectivity index (χ1n) is 8.60. The molecule has 5 aliphatic carbocycles. The molecule has 1 unspecified atom stereocenters. The molecule has 3 heteroatoms. The molecule has 1 aromatic heterocycles. The van der Waals surface area contributed by atoms with E-state index in [0.29, 0.717) is 5.92 Å². The van der Waals surface area contributed by atoms with Crippen molar-refractivity contribution < 1.29 is 0 Å². The molecule has 20 heavy (non-hydrogen) atoms. The molecule has 0 saturated heterocycles. The highest BCUT2D eigenvalue weighted by atomic mass is 15.1. The van der Waals surface area contributed by atoms with Gasteiger partial charge in [-0.2, -0.15) is 5.10 Å². The van der Waals surface area contributed by atoms with Crippen LogP contribution in [0, 0.1) is 23.7 Å². The summed E-state index contributed by atoms with van der Waals surface area (Å²) >= 11 is 0. The van der Waals surface area contributed by atoms with E-state index in [1.807, 2.05) is 0 Å². The molecule has 5 aliphatic rings. The number of aromatic nitrogens is 2. The zero-order valence-electron chi connectivity index (χ0n) is 12.1. The number of H-pyrrole nitrogens is 1. The van der Waals surface area contributed by atoms with E-state index in [1.165, 1.54) is 49.9 Å². The van der Waals surface area contributed by atoms with E-state index >= 15 is 0 Å². The molecule has 1 heterocycles. The van der Waals surface area contributed by atoms with Gasteiger partial charge in [-0.25, -0.2) is 0 Å². The van der Waals surface area contributed by atoms with E-state index in [2.05, 4.69) is 5.10 Å². The number of fused-ring (bicyclic) bond motifs is 1. The second-order valence-electron chi connectivity index (χ2n) is 7.93. The zero-order chi connectivity index (χ0) is 13.3. The number of hydrogen-bond acceptors (Lipinski definition) is 2. The van der Waals surface area contributed by atoms with Crippen LogP contribution in [0.25, 0.3) is 0 Å². The quantitative estimate of drug-likeness (QED) is 0.869. The highest BCUT2D eigenvalue weighted by Crippen LogP contribution is 2.60. The number of nitrogens with one attached hydrogen (secondary N) is 1. The van der Waals surface area contributed by atoms with Crippen molar-refractivity contribution in [2.24, 2.45) is 29.4 Å². The average molecular weight is 271 g/mol. The van der Waals surface area contributed by atoms with Crippen molar-refractivity contribution in [2.75, 3.05) is 6.54 Å². The van der Waals surface area contributed by atoms with Gasteiger partial charge < -0.3 is 5.73 Å². The summed E-state index contributed by atoms with van der Waals surface area (Å²) in [6, 6.07) is 0. The molecule has 1 aromatic rings. The minimum absolute atomic E-state index is 0.580. The minimum Gasteiger partial charge on any atom is -0.330 e. The summed E-state index contributed by atoms with van der Waals surface area (Å²) in [5, 5.41) is 8.16. The van der Waals surface area contributed by atoms with Gasteiger partial charge in [0.15, 0.2) is 0 Å². The van der Waals surface area contributed by atoms with E-state index in [4.69, 9.17) is 10.8 Å². The van der Waals surface area contributed by atoms with Crippen LogP contribution in [0.15, 0.2) is 0 Å². The van der Waals surface area contributed by atoms with Gasteiger partial charge in [0.2, 0.25) is 0 Å². The van der Waals surface area contributed by atoms with Crippen LogP contribution in [-0.4, -0.2) is 16.7 Å². The Morgan fingerprint density at radius 3 is 2.40 bits per heavy atom. The number of aromatic amines is 1. The summed E-state index contributed by atoms with van der Waals surface area (Å²) in [5.74, 6) is 5.29. The Morgan fingerprint density at radius 1 is 1.05 bits per heavy atom. The molecule has 0 aliphatic heterocycles. The van der Waals surface area contributed by atoms with E-state index in [1.54, 1.807) is 5.56 Å². The van der Waals surface area contributed by atoms with Crippen LogP contribution in [0.3, 0.4) is 0 Å². The van der Waals surface area contributed by atoms with Gasteiger partial charge in [-0.3, -0.25) is 5.10 Å². The molecule has 6 rings (SSSR count). The molecule has 108 valence electrons. The molecule has 3 N–H and O–H groups in total. The number of rotatable bonds is 2. The van der Waals surface area contributed by atoms with Crippen LogP contribution in [0.1, 0.15) is 67.3 Å². The van der Waals surface area contributed by atoms with Gasteiger partial charge >= 0.3 is 0 Å². The molecular formula is C17H25N3. The van der Waals surface area contributed by atoms with Crippen LogP contribution >= 0.6 is 0 Å². The second kappa shape index (κ2) is 4.09. The monoisotopic (exact) mass is 271 g/mol. The van der Waals surface area contributed by atoms with Crippen LogP contribution in [0.5, 0.6) is 0 Å². The van der Waals surface area contributed by atoms with Crippen LogP contribution in [0.2, 0.25) is 0 Å². The van der Waals surface area contributed by atoms with Crippen LogP contribution < -0.4 is 5.73 Å². The molecule has 0 amide bonds. The lowest BCUT2D eigenvalue weighted by Gasteiger charge is -2.54. The minimum atomic E-state index is 0.580. The second-order valence-corrected chi connectivity index (χ2v) is 7.93. The first kappa shape index (κ1) is 11.8. The van der Waals surface area contributed by atoms with Crippen molar-refractivity contribution in [2.45, 2.75) is 56.8 Å². The highest BCUT2D eigenvalue weighted by Gasteiger charge is 2.50. The normalized spacial score (nSPS) is 45.0. The van der Waals surface area contributed by atoms with Gasteiger partial charge in [0.1, 0.15) is 0 Å². The summed E-state index contributed by atoms with van der Waals surface area (Å²) in [6.07, 6.45) is 9.85. The van der Waals surface area contributed by atoms with Crippen molar-refractivity contribution in [3.8, 4) is 0 Å². The number of aryl methyl sites for hydroxylation is 1. The Bertz CT molecular complexity index is 504. The highest BCUT2D eigenvalue weighted by molar-refractivity contribution is 5.37. The number of hydrogen-bond donors (Lipinski definition) is 2. The van der Waals surface area contributed by atoms with E-state index in [0.717, 1.165) is 42.6 Å². The third-order valence-corrected chi connectivity index (χ3v) is 6.89. The van der Waals surface area contributed by atoms with Gasteiger partial charge in [-0.15, -0.1) is 0 Å². The van der Waals surface area contributed by atoms with Gasteiger partial charge in [-0.1, -0.05) is 0 Å². The maximum Gasteiger partial charge on any atom is 0.0696 e. The van der Waals surface area contributed by atoms with Crippen molar-refractivity contribution >= 4 is 0 Å². The summed E-state index contributed by atoms with van der Waals surface area (Å²) in [4.78, 5) is 0. The Balaban J connectivity index is 1.55. The van der Waals surface area contributed by atoms with Crippen molar-refractivity contribution in [1.82, 2.24) is 10.2 Å². The van der Waals surface area contributed by atoms with Gasteiger partial charge in [-0.05, 0) is 75.2 Å².